The lowest BCUT2D eigenvalue weighted by molar-refractivity contribution is -0.118. The largest absolute Gasteiger partial charge is 0.493 e. The third-order valence-electron chi connectivity index (χ3n) is 5.59. The molecule has 4 rings (SSSR count). The number of hydrogen-bond donors (Lipinski definition) is 2. The molecule has 0 spiro atoms. The lowest BCUT2D eigenvalue weighted by atomic mass is 10.1. The van der Waals surface area contributed by atoms with E-state index in [-0.39, 0.29) is 23.7 Å². The molecule has 0 fully saturated rings. The van der Waals surface area contributed by atoms with Crippen LogP contribution in [-0.4, -0.2) is 42.9 Å². The number of nitrogens with zero attached hydrogens (tertiary/aromatic N) is 1. The zero-order valence-electron chi connectivity index (χ0n) is 21.8. The predicted molar refractivity (Wildman–Crippen MR) is 156 cm³/mol. The van der Waals surface area contributed by atoms with Gasteiger partial charge in [-0.3, -0.25) is 9.59 Å². The molecule has 0 radical (unpaired) electrons. The Morgan fingerprint density at radius 1 is 0.949 bits per heavy atom. The average molecular weight is 564 g/mol. The minimum Gasteiger partial charge on any atom is -0.493 e. The van der Waals surface area contributed by atoms with Crippen LogP contribution in [0, 0.1) is 0 Å². The number of nitrogens with one attached hydrogen (secondary N) is 2. The highest BCUT2D eigenvalue weighted by atomic mass is 32.2. The van der Waals surface area contributed by atoms with E-state index in [9.17, 15) is 9.59 Å². The smallest absolute Gasteiger partial charge is 0.262 e. The highest BCUT2D eigenvalue weighted by Gasteiger charge is 2.20. The van der Waals surface area contributed by atoms with Gasteiger partial charge in [-0.1, -0.05) is 31.2 Å². The van der Waals surface area contributed by atoms with Gasteiger partial charge < -0.3 is 24.8 Å². The number of thiazole rings is 1. The van der Waals surface area contributed by atoms with Gasteiger partial charge in [0.15, 0.2) is 23.2 Å². The van der Waals surface area contributed by atoms with Crippen LogP contribution in [0.15, 0.2) is 83.1 Å². The molecule has 3 aromatic carbocycles. The maximum Gasteiger partial charge on any atom is 0.262 e. The molecule has 0 aliphatic heterocycles. The highest BCUT2D eigenvalue weighted by molar-refractivity contribution is 8.00. The molecule has 1 unspecified atom stereocenters. The highest BCUT2D eigenvalue weighted by Crippen LogP contribution is 2.34. The predicted octanol–water partition coefficient (Wildman–Crippen LogP) is 6.35. The summed E-state index contributed by atoms with van der Waals surface area (Å²) in [6, 6.07) is 22.1. The van der Waals surface area contributed by atoms with Crippen molar-refractivity contribution in [3.8, 4) is 28.5 Å². The standard InChI is InChI=1S/C29H29N3O5S2/c1-4-26(28(34)32-29-31-23(18-38-29)19-13-14-24(35-2)25(15-19)36-3)39-22-12-8-9-20(16-22)30-27(33)17-37-21-10-6-5-7-11-21/h5-16,18,26H,4,17H2,1-3H3,(H,30,33)(H,31,32,34). The van der Waals surface area contributed by atoms with Crippen LogP contribution in [0.4, 0.5) is 10.8 Å². The summed E-state index contributed by atoms with van der Waals surface area (Å²) in [6.45, 7) is 1.86. The van der Waals surface area contributed by atoms with Crippen LogP contribution in [0.3, 0.4) is 0 Å². The Morgan fingerprint density at radius 2 is 1.74 bits per heavy atom. The molecule has 0 saturated carbocycles. The zero-order chi connectivity index (χ0) is 27.6. The number of rotatable bonds is 12. The van der Waals surface area contributed by atoms with Crippen molar-refractivity contribution in [2.45, 2.75) is 23.5 Å². The molecule has 2 amide bonds. The topological polar surface area (TPSA) is 98.8 Å². The van der Waals surface area contributed by atoms with E-state index in [2.05, 4.69) is 15.6 Å². The van der Waals surface area contributed by atoms with E-state index in [0.717, 1.165) is 16.2 Å². The quantitative estimate of drug-likeness (QED) is 0.194. The molecule has 1 aromatic heterocycles. The molecular formula is C29H29N3O5S2. The lowest BCUT2D eigenvalue weighted by Crippen LogP contribution is -2.24. The summed E-state index contributed by atoms with van der Waals surface area (Å²) >= 11 is 2.79. The Morgan fingerprint density at radius 3 is 2.49 bits per heavy atom. The van der Waals surface area contributed by atoms with Crippen LogP contribution < -0.4 is 24.8 Å². The molecule has 8 nitrogen and oxygen atoms in total. The molecule has 2 N–H and O–H groups in total. The number of amides is 2. The number of anilines is 2. The van der Waals surface area contributed by atoms with Crippen LogP contribution in [0.25, 0.3) is 11.3 Å². The van der Waals surface area contributed by atoms with Crippen molar-refractivity contribution in [2.24, 2.45) is 0 Å². The second-order valence-electron chi connectivity index (χ2n) is 8.29. The third-order valence-corrected chi connectivity index (χ3v) is 7.70. The van der Waals surface area contributed by atoms with Gasteiger partial charge in [-0.25, -0.2) is 4.98 Å². The molecular weight excluding hydrogens is 534 g/mol. The number of carbonyl (C=O) groups is 2. The molecule has 1 atom stereocenters. The fourth-order valence-corrected chi connectivity index (χ4v) is 5.38. The Labute approximate surface area is 235 Å². The number of thioether (sulfide) groups is 1. The summed E-state index contributed by atoms with van der Waals surface area (Å²) in [6.07, 6.45) is 0.617. The number of methoxy groups -OCH3 is 2. The summed E-state index contributed by atoms with van der Waals surface area (Å²) in [5, 5.41) is 7.85. The normalized spacial score (nSPS) is 11.4. The third kappa shape index (κ3) is 7.75. The second-order valence-corrected chi connectivity index (χ2v) is 10.4. The minimum atomic E-state index is -0.342. The van der Waals surface area contributed by atoms with Gasteiger partial charge in [0.05, 0.1) is 25.2 Å². The van der Waals surface area contributed by atoms with Gasteiger partial charge in [-0.2, -0.15) is 0 Å². The molecule has 0 aliphatic rings. The van der Waals surface area contributed by atoms with Gasteiger partial charge in [0.2, 0.25) is 5.91 Å². The second kappa shape index (κ2) is 13.7. The first-order valence-corrected chi connectivity index (χ1v) is 14.0. The summed E-state index contributed by atoms with van der Waals surface area (Å²) in [5.41, 5.74) is 2.23. The van der Waals surface area contributed by atoms with Crippen LogP contribution in [0.2, 0.25) is 0 Å². The Bertz CT molecular complexity index is 1410. The molecule has 10 heteroatoms. The number of ether oxygens (including phenoxy) is 3. The summed E-state index contributed by atoms with van der Waals surface area (Å²) in [7, 11) is 3.17. The SMILES string of the molecule is CCC(Sc1cccc(NC(=O)COc2ccccc2)c1)C(=O)Nc1nc(-c2ccc(OC)c(OC)c2)cs1. The number of carbonyl (C=O) groups excluding carboxylic acids is 2. The summed E-state index contributed by atoms with van der Waals surface area (Å²) in [5.74, 6) is 1.47. The van der Waals surface area contributed by atoms with E-state index in [4.69, 9.17) is 14.2 Å². The first-order chi connectivity index (χ1) is 19.0. The van der Waals surface area contributed by atoms with Gasteiger partial charge in [-0.05, 0) is 55.0 Å². The number of hydrogen-bond acceptors (Lipinski definition) is 8. The van der Waals surface area contributed by atoms with Crippen molar-refractivity contribution in [3.05, 3.63) is 78.2 Å². The lowest BCUT2D eigenvalue weighted by Gasteiger charge is -2.14. The van der Waals surface area contributed by atoms with Gasteiger partial charge in [0.25, 0.3) is 5.91 Å². The monoisotopic (exact) mass is 563 g/mol. The molecule has 39 heavy (non-hydrogen) atoms. The number of benzene rings is 3. The van der Waals surface area contributed by atoms with Crippen molar-refractivity contribution in [2.75, 3.05) is 31.5 Å². The van der Waals surface area contributed by atoms with Gasteiger partial charge >= 0.3 is 0 Å². The number of para-hydroxylation sites is 1. The Balaban J connectivity index is 1.34. The maximum absolute atomic E-state index is 13.1. The Kier molecular flexibility index (Phi) is 9.82. The van der Waals surface area contributed by atoms with Crippen molar-refractivity contribution in [3.63, 3.8) is 0 Å². The molecule has 0 bridgehead atoms. The van der Waals surface area contributed by atoms with Crippen LogP contribution in [-0.2, 0) is 9.59 Å². The molecule has 202 valence electrons. The van der Waals surface area contributed by atoms with E-state index in [1.807, 2.05) is 66.9 Å². The fourth-order valence-electron chi connectivity index (χ4n) is 3.64. The van der Waals surface area contributed by atoms with E-state index in [1.165, 1.54) is 23.1 Å². The van der Waals surface area contributed by atoms with Crippen molar-refractivity contribution < 1.29 is 23.8 Å². The van der Waals surface area contributed by atoms with Gasteiger partial charge in [-0.15, -0.1) is 23.1 Å². The van der Waals surface area contributed by atoms with Crippen molar-refractivity contribution >= 4 is 45.7 Å². The van der Waals surface area contributed by atoms with Gasteiger partial charge in [0, 0.05) is 21.5 Å². The van der Waals surface area contributed by atoms with Gasteiger partial charge in [0.1, 0.15) is 5.75 Å². The van der Waals surface area contributed by atoms with E-state index >= 15 is 0 Å². The van der Waals surface area contributed by atoms with E-state index in [0.29, 0.717) is 34.5 Å². The first-order valence-electron chi connectivity index (χ1n) is 12.2. The maximum atomic E-state index is 13.1. The van der Waals surface area contributed by atoms with E-state index < -0.39 is 0 Å². The van der Waals surface area contributed by atoms with Crippen LogP contribution >= 0.6 is 23.1 Å². The van der Waals surface area contributed by atoms with Crippen LogP contribution in [0.1, 0.15) is 13.3 Å². The zero-order valence-corrected chi connectivity index (χ0v) is 23.4. The van der Waals surface area contributed by atoms with Crippen molar-refractivity contribution in [1.29, 1.82) is 0 Å². The minimum absolute atomic E-state index is 0.0967. The fraction of sp³-hybridized carbons (Fsp3) is 0.207. The molecule has 1 heterocycles. The number of aromatic nitrogens is 1. The Hall–Kier alpha value is -4.02. The van der Waals surface area contributed by atoms with Crippen LogP contribution in [0.5, 0.6) is 17.2 Å². The summed E-state index contributed by atoms with van der Waals surface area (Å²) in [4.78, 5) is 30.9. The molecule has 0 aliphatic carbocycles. The van der Waals surface area contributed by atoms with E-state index in [1.54, 1.807) is 32.4 Å². The summed E-state index contributed by atoms with van der Waals surface area (Å²) < 4.78 is 16.2. The molecule has 4 aromatic rings. The average Bonchev–Trinajstić information content (AvgIpc) is 3.43. The van der Waals surface area contributed by atoms with Crippen molar-refractivity contribution in [1.82, 2.24) is 4.98 Å². The first kappa shape index (κ1) is 28.0. The molecule has 0 saturated heterocycles.